The van der Waals surface area contributed by atoms with Crippen LogP contribution in [0.15, 0.2) is 79.9 Å². The van der Waals surface area contributed by atoms with Gasteiger partial charge in [0.2, 0.25) is 11.8 Å². The average molecular weight is 673 g/mol. The third-order valence-corrected chi connectivity index (χ3v) is 10.0. The van der Waals surface area contributed by atoms with Crippen LogP contribution in [-0.2, 0) is 28.7 Å². The van der Waals surface area contributed by atoms with Gasteiger partial charge in [-0.2, -0.15) is 0 Å². The zero-order valence-corrected chi connectivity index (χ0v) is 28.5. The average Bonchev–Trinajstić information content (AvgIpc) is 3.76. The number of rotatable bonds is 17. The lowest BCUT2D eigenvalue weighted by Crippen LogP contribution is -2.57. The molecule has 0 unspecified atom stereocenters. The van der Waals surface area contributed by atoms with Gasteiger partial charge < -0.3 is 34.6 Å². The van der Waals surface area contributed by atoms with Crippen LogP contribution in [0.1, 0.15) is 51.1 Å². The van der Waals surface area contributed by atoms with Gasteiger partial charge in [-0.05, 0) is 62.9 Å². The number of allylic oxidation sites excluding steroid dienone is 1. The van der Waals surface area contributed by atoms with Crippen molar-refractivity contribution in [1.29, 1.82) is 0 Å². The molecule has 11 heteroatoms. The predicted octanol–water partition coefficient (Wildman–Crippen LogP) is 3.79. The lowest BCUT2D eigenvalue weighted by Gasteiger charge is -2.36. The molecule has 2 bridgehead atoms. The minimum absolute atomic E-state index is 0.0774. The Morgan fingerprint density at radius 2 is 1.78 bits per heavy atom. The zero-order valence-electron chi connectivity index (χ0n) is 28.5. The van der Waals surface area contributed by atoms with Crippen molar-refractivity contribution in [1.82, 2.24) is 10.2 Å². The Morgan fingerprint density at radius 3 is 2.41 bits per heavy atom. The number of hydrogen-bond acceptors (Lipinski definition) is 8. The smallest absolute Gasteiger partial charge is 0.306 e. The van der Waals surface area contributed by atoms with Crippen LogP contribution in [0.4, 0.5) is 11.4 Å². The van der Waals surface area contributed by atoms with E-state index in [4.69, 9.17) is 9.47 Å². The van der Waals surface area contributed by atoms with E-state index in [1.54, 1.807) is 17.1 Å². The summed E-state index contributed by atoms with van der Waals surface area (Å²) in [6.07, 6.45) is 4.26. The van der Waals surface area contributed by atoms with Crippen molar-refractivity contribution < 1.29 is 33.8 Å². The molecule has 49 heavy (non-hydrogen) atoms. The fourth-order valence-corrected chi connectivity index (χ4v) is 7.76. The van der Waals surface area contributed by atoms with Crippen LogP contribution in [0.5, 0.6) is 0 Å². The topological polar surface area (TPSA) is 129 Å². The standard InChI is InChI=1S/C38H48N4O7/c1-5-9-15-31(44)48-25-29(26-13-11-10-12-14-26)39-35(45)32-30-20-21-38(49-30)33(32)36(46)42(23-24-43)34(38)37(47)41(22-6-2)28-18-16-27(17-19-28)40(7-3)8-4/h5-6,10-14,16-19,29-30,32-34,43H,1-2,7-9,15,20-25H2,3-4H3,(H,39,45)/t29-,30+,32-,33-,34+,38-/m1/s1. The molecule has 5 rings (SSSR count). The van der Waals surface area contributed by atoms with Crippen LogP contribution in [0.2, 0.25) is 0 Å². The number of carbonyl (C=O) groups excluding carboxylic acids is 4. The number of ether oxygens (including phenoxy) is 2. The number of aliphatic hydroxyl groups is 1. The highest BCUT2D eigenvalue weighted by Gasteiger charge is 2.74. The number of anilines is 2. The minimum atomic E-state index is -1.24. The van der Waals surface area contributed by atoms with E-state index in [0.29, 0.717) is 24.9 Å². The first-order valence-corrected chi connectivity index (χ1v) is 17.2. The quantitative estimate of drug-likeness (QED) is 0.192. The summed E-state index contributed by atoms with van der Waals surface area (Å²) >= 11 is 0. The van der Waals surface area contributed by atoms with Gasteiger partial charge in [0, 0.05) is 44.0 Å². The van der Waals surface area contributed by atoms with E-state index < -0.39 is 53.4 Å². The number of amides is 3. The second kappa shape index (κ2) is 15.8. The Bertz CT molecular complexity index is 1510. The number of nitrogens with one attached hydrogen (secondary N) is 1. The van der Waals surface area contributed by atoms with E-state index in [2.05, 4.69) is 37.2 Å². The molecule has 2 N–H and O–H groups in total. The molecule has 11 nitrogen and oxygen atoms in total. The summed E-state index contributed by atoms with van der Waals surface area (Å²) in [7, 11) is 0. The summed E-state index contributed by atoms with van der Waals surface area (Å²) in [5.74, 6) is -3.35. The number of benzene rings is 2. The molecule has 6 atom stereocenters. The molecule has 0 saturated carbocycles. The van der Waals surface area contributed by atoms with Gasteiger partial charge in [-0.25, -0.2) is 0 Å². The van der Waals surface area contributed by atoms with Gasteiger partial charge in [0.1, 0.15) is 18.2 Å². The van der Waals surface area contributed by atoms with Crippen LogP contribution in [0.3, 0.4) is 0 Å². The molecule has 3 aliphatic rings. The molecule has 3 heterocycles. The zero-order chi connectivity index (χ0) is 35.1. The highest BCUT2D eigenvalue weighted by molar-refractivity contribution is 6.05. The van der Waals surface area contributed by atoms with E-state index in [9.17, 15) is 24.3 Å². The lowest BCUT2D eigenvalue weighted by molar-refractivity contribution is -0.146. The molecule has 0 aliphatic carbocycles. The molecular weight excluding hydrogens is 624 g/mol. The molecule has 2 aromatic rings. The fourth-order valence-electron chi connectivity index (χ4n) is 7.76. The second-order valence-electron chi connectivity index (χ2n) is 12.7. The normalized spacial score (nSPS) is 24.2. The van der Waals surface area contributed by atoms with Crippen molar-refractivity contribution in [2.75, 3.05) is 49.2 Å². The SMILES string of the molecule is C=CCCC(=O)OC[C@@H](NC(=O)[C@@H]1[C@@H]2CC[C@]3(O2)[C@H](C(=O)N(CC=C)c2ccc(N(CC)CC)cc2)N(CCO)C(=O)[C@@H]13)c1ccccc1. The van der Waals surface area contributed by atoms with Crippen molar-refractivity contribution in [2.45, 2.75) is 63.3 Å². The number of hydrogen-bond donors (Lipinski definition) is 2. The number of aliphatic hydroxyl groups excluding tert-OH is 1. The second-order valence-corrected chi connectivity index (χ2v) is 12.7. The molecule has 1 spiro atoms. The van der Waals surface area contributed by atoms with Gasteiger partial charge in [0.15, 0.2) is 0 Å². The molecule has 3 saturated heterocycles. The summed E-state index contributed by atoms with van der Waals surface area (Å²) in [4.78, 5) is 60.6. The summed E-state index contributed by atoms with van der Waals surface area (Å²) in [5, 5.41) is 13.1. The van der Waals surface area contributed by atoms with Crippen molar-refractivity contribution in [3.05, 3.63) is 85.5 Å². The number of carbonyl (C=O) groups is 4. The Hall–Kier alpha value is -4.48. The maximum Gasteiger partial charge on any atom is 0.306 e. The first-order chi connectivity index (χ1) is 23.7. The Kier molecular flexibility index (Phi) is 11.6. The summed E-state index contributed by atoms with van der Waals surface area (Å²) < 4.78 is 12.1. The minimum Gasteiger partial charge on any atom is -0.463 e. The maximum atomic E-state index is 14.6. The summed E-state index contributed by atoms with van der Waals surface area (Å²) in [5.41, 5.74) is 1.18. The van der Waals surface area contributed by atoms with Gasteiger partial charge in [-0.1, -0.05) is 42.5 Å². The number of fused-ring (bicyclic) bond motifs is 1. The first kappa shape index (κ1) is 35.8. The maximum absolute atomic E-state index is 14.6. The van der Waals surface area contributed by atoms with E-state index in [1.807, 2.05) is 54.6 Å². The number of likely N-dealkylation sites (tertiary alicyclic amines) is 1. The van der Waals surface area contributed by atoms with Gasteiger partial charge in [-0.3, -0.25) is 19.2 Å². The van der Waals surface area contributed by atoms with Crippen LogP contribution in [0, 0.1) is 11.8 Å². The van der Waals surface area contributed by atoms with Crippen molar-refractivity contribution in [3.63, 3.8) is 0 Å². The number of β-amino-alcohol motifs (C(OH)–C–C–N with tert-alkyl or cyclic N) is 1. The Balaban J connectivity index is 1.43. The van der Waals surface area contributed by atoms with Crippen LogP contribution < -0.4 is 15.1 Å². The van der Waals surface area contributed by atoms with E-state index in [-0.39, 0.29) is 38.6 Å². The van der Waals surface area contributed by atoms with Crippen LogP contribution >= 0.6 is 0 Å². The number of esters is 1. The molecule has 3 aliphatic heterocycles. The van der Waals surface area contributed by atoms with E-state index in [1.165, 1.54) is 4.90 Å². The van der Waals surface area contributed by atoms with E-state index >= 15 is 0 Å². The molecule has 3 fully saturated rings. The van der Waals surface area contributed by atoms with Gasteiger partial charge in [0.25, 0.3) is 5.91 Å². The fraction of sp³-hybridized carbons (Fsp3) is 0.474. The molecular formula is C38H48N4O7. The highest BCUT2D eigenvalue weighted by Crippen LogP contribution is 2.58. The molecule has 3 amide bonds. The third kappa shape index (κ3) is 7.00. The van der Waals surface area contributed by atoms with Gasteiger partial charge in [0.05, 0.1) is 30.6 Å². The lowest BCUT2D eigenvalue weighted by atomic mass is 9.70. The Morgan fingerprint density at radius 1 is 1.08 bits per heavy atom. The molecule has 0 radical (unpaired) electrons. The summed E-state index contributed by atoms with van der Waals surface area (Å²) in [6.45, 7) is 13.0. The predicted molar refractivity (Wildman–Crippen MR) is 187 cm³/mol. The van der Waals surface area contributed by atoms with Gasteiger partial charge >= 0.3 is 5.97 Å². The van der Waals surface area contributed by atoms with Crippen LogP contribution in [-0.4, -0.2) is 90.8 Å². The van der Waals surface area contributed by atoms with E-state index in [0.717, 1.165) is 24.3 Å². The van der Waals surface area contributed by atoms with Crippen molar-refractivity contribution in [2.24, 2.45) is 11.8 Å². The monoisotopic (exact) mass is 672 g/mol. The summed E-state index contributed by atoms with van der Waals surface area (Å²) in [6, 6.07) is 15.2. The van der Waals surface area contributed by atoms with Gasteiger partial charge in [-0.15, -0.1) is 13.2 Å². The van der Waals surface area contributed by atoms with Crippen molar-refractivity contribution in [3.8, 4) is 0 Å². The van der Waals surface area contributed by atoms with Crippen LogP contribution in [0.25, 0.3) is 0 Å². The third-order valence-electron chi connectivity index (χ3n) is 10.0. The molecule has 2 aromatic carbocycles. The Labute approximate surface area is 288 Å². The largest absolute Gasteiger partial charge is 0.463 e. The number of nitrogens with zero attached hydrogens (tertiary/aromatic N) is 3. The molecule has 0 aromatic heterocycles. The highest BCUT2D eigenvalue weighted by atomic mass is 16.5. The van der Waals surface area contributed by atoms with Crippen molar-refractivity contribution >= 4 is 35.1 Å². The molecule has 262 valence electrons. The first-order valence-electron chi connectivity index (χ1n) is 17.2.